The molecule has 0 aliphatic heterocycles. The quantitative estimate of drug-likeness (QED) is 0.845. The molecule has 0 radical (unpaired) electrons. The topological polar surface area (TPSA) is 29.3 Å². The molecule has 1 aromatic rings. The molecule has 0 saturated heterocycles. The van der Waals surface area contributed by atoms with E-state index < -0.39 is 0 Å². The third-order valence-corrected chi connectivity index (χ3v) is 3.73. The summed E-state index contributed by atoms with van der Waals surface area (Å²) in [6.07, 6.45) is 6.10. The third-order valence-electron chi connectivity index (χ3n) is 3.73. The number of benzene rings is 1. The van der Waals surface area contributed by atoms with Gasteiger partial charge in [-0.15, -0.1) is 0 Å². The van der Waals surface area contributed by atoms with Crippen molar-refractivity contribution < 1.29 is 0 Å². The zero-order valence-electron chi connectivity index (χ0n) is 10.8. The van der Waals surface area contributed by atoms with Crippen LogP contribution in [-0.4, -0.2) is 18.6 Å². The van der Waals surface area contributed by atoms with Crippen LogP contribution < -0.4 is 10.6 Å². The van der Waals surface area contributed by atoms with E-state index in [-0.39, 0.29) is 0 Å². The van der Waals surface area contributed by atoms with Crippen molar-refractivity contribution in [2.24, 2.45) is 5.73 Å². The van der Waals surface area contributed by atoms with Gasteiger partial charge in [0.25, 0.3) is 0 Å². The molecule has 2 heteroatoms. The minimum Gasteiger partial charge on any atom is -0.368 e. The molecular formula is C15H24N2. The Morgan fingerprint density at radius 2 is 2.00 bits per heavy atom. The summed E-state index contributed by atoms with van der Waals surface area (Å²) in [5, 5.41) is 0. The molecule has 94 valence electrons. The van der Waals surface area contributed by atoms with E-state index in [1.54, 1.807) is 0 Å². The summed E-state index contributed by atoms with van der Waals surface area (Å²) < 4.78 is 0. The fraction of sp³-hybridized carbons (Fsp3) is 0.600. The maximum atomic E-state index is 6.04. The van der Waals surface area contributed by atoms with Gasteiger partial charge in [0, 0.05) is 24.3 Å². The van der Waals surface area contributed by atoms with Crippen LogP contribution >= 0.6 is 0 Å². The summed E-state index contributed by atoms with van der Waals surface area (Å²) in [4.78, 5) is 2.57. The molecule has 1 aliphatic rings. The van der Waals surface area contributed by atoms with Crippen LogP contribution in [0.5, 0.6) is 0 Å². The fourth-order valence-corrected chi connectivity index (χ4v) is 2.75. The van der Waals surface area contributed by atoms with Gasteiger partial charge in [-0.3, -0.25) is 0 Å². The number of hydrogen-bond donors (Lipinski definition) is 1. The van der Waals surface area contributed by atoms with E-state index in [4.69, 9.17) is 5.73 Å². The minimum atomic E-state index is 0.410. The average molecular weight is 232 g/mol. The number of para-hydroxylation sites is 1. The Morgan fingerprint density at radius 3 is 2.59 bits per heavy atom. The van der Waals surface area contributed by atoms with Crippen LogP contribution in [0.25, 0.3) is 0 Å². The van der Waals surface area contributed by atoms with E-state index in [9.17, 15) is 0 Å². The van der Waals surface area contributed by atoms with Crippen LogP contribution in [-0.2, 0) is 0 Å². The van der Waals surface area contributed by atoms with E-state index in [0.717, 1.165) is 13.0 Å². The zero-order valence-corrected chi connectivity index (χ0v) is 10.8. The van der Waals surface area contributed by atoms with Gasteiger partial charge in [0.2, 0.25) is 0 Å². The van der Waals surface area contributed by atoms with Gasteiger partial charge in [0.15, 0.2) is 0 Å². The van der Waals surface area contributed by atoms with E-state index in [1.165, 1.54) is 31.4 Å². The number of hydrogen-bond acceptors (Lipinski definition) is 2. The molecule has 2 nitrogen and oxygen atoms in total. The van der Waals surface area contributed by atoms with Gasteiger partial charge in [0.05, 0.1) is 0 Å². The average Bonchev–Trinajstić information content (AvgIpc) is 2.78. The lowest BCUT2D eigenvalue weighted by Crippen LogP contribution is -2.35. The molecule has 17 heavy (non-hydrogen) atoms. The second-order valence-corrected chi connectivity index (χ2v) is 5.11. The first-order valence-corrected chi connectivity index (χ1v) is 6.88. The Balaban J connectivity index is 2.08. The molecule has 1 aromatic carbocycles. The van der Waals surface area contributed by atoms with E-state index in [2.05, 4.69) is 42.2 Å². The van der Waals surface area contributed by atoms with Crippen molar-refractivity contribution in [2.75, 3.05) is 11.4 Å². The molecule has 1 fully saturated rings. The standard InChI is InChI=1S/C15H24N2/c1-2-3-11-17(14-7-5-4-6-8-14)15-10-9-13(16)12-15/h4-8,13,15H,2-3,9-12,16H2,1H3. The Morgan fingerprint density at radius 1 is 1.24 bits per heavy atom. The third kappa shape index (κ3) is 3.22. The van der Waals surface area contributed by atoms with Crippen molar-refractivity contribution in [1.29, 1.82) is 0 Å². The largest absolute Gasteiger partial charge is 0.368 e. The number of anilines is 1. The Kier molecular flexibility index (Phi) is 4.43. The lowest BCUT2D eigenvalue weighted by atomic mass is 10.1. The lowest BCUT2D eigenvalue weighted by Gasteiger charge is -2.31. The zero-order chi connectivity index (χ0) is 12.1. The highest BCUT2D eigenvalue weighted by molar-refractivity contribution is 5.47. The van der Waals surface area contributed by atoms with Crippen molar-refractivity contribution >= 4 is 5.69 Å². The molecule has 0 amide bonds. The van der Waals surface area contributed by atoms with Gasteiger partial charge in [-0.05, 0) is 37.8 Å². The molecule has 0 aromatic heterocycles. The summed E-state index contributed by atoms with van der Waals surface area (Å²) in [6, 6.07) is 11.8. The van der Waals surface area contributed by atoms with Crippen LogP contribution in [0.4, 0.5) is 5.69 Å². The number of unbranched alkanes of at least 4 members (excludes halogenated alkanes) is 1. The first-order valence-electron chi connectivity index (χ1n) is 6.88. The van der Waals surface area contributed by atoms with Crippen LogP contribution in [0.15, 0.2) is 30.3 Å². The first kappa shape index (κ1) is 12.4. The monoisotopic (exact) mass is 232 g/mol. The molecule has 0 spiro atoms. The number of nitrogens with zero attached hydrogens (tertiary/aromatic N) is 1. The summed E-state index contributed by atoms with van der Waals surface area (Å²) >= 11 is 0. The Labute approximate surface area is 105 Å². The van der Waals surface area contributed by atoms with Crippen LogP contribution in [0.3, 0.4) is 0 Å². The first-order chi connectivity index (χ1) is 8.31. The normalized spacial score (nSPS) is 23.9. The molecular weight excluding hydrogens is 208 g/mol. The van der Waals surface area contributed by atoms with Gasteiger partial charge in [-0.25, -0.2) is 0 Å². The molecule has 0 heterocycles. The Bertz CT molecular complexity index is 323. The van der Waals surface area contributed by atoms with Gasteiger partial charge < -0.3 is 10.6 Å². The summed E-state index contributed by atoms with van der Waals surface area (Å²) in [5.41, 5.74) is 7.40. The highest BCUT2D eigenvalue weighted by Crippen LogP contribution is 2.27. The summed E-state index contributed by atoms with van der Waals surface area (Å²) in [6.45, 7) is 3.42. The molecule has 0 bridgehead atoms. The van der Waals surface area contributed by atoms with E-state index in [0.29, 0.717) is 12.1 Å². The van der Waals surface area contributed by atoms with Crippen molar-refractivity contribution in [3.05, 3.63) is 30.3 Å². The fourth-order valence-electron chi connectivity index (χ4n) is 2.75. The van der Waals surface area contributed by atoms with Gasteiger partial charge in [0.1, 0.15) is 0 Å². The number of nitrogens with two attached hydrogens (primary N) is 1. The van der Waals surface area contributed by atoms with Crippen LogP contribution in [0, 0.1) is 0 Å². The van der Waals surface area contributed by atoms with Crippen LogP contribution in [0.1, 0.15) is 39.0 Å². The SMILES string of the molecule is CCCCN(c1ccccc1)C1CCC(N)C1. The second kappa shape index (κ2) is 6.06. The number of rotatable bonds is 5. The molecule has 2 atom stereocenters. The summed E-state index contributed by atoms with van der Waals surface area (Å²) in [7, 11) is 0. The van der Waals surface area contributed by atoms with Crippen molar-refractivity contribution in [3.8, 4) is 0 Å². The van der Waals surface area contributed by atoms with Gasteiger partial charge >= 0.3 is 0 Å². The maximum absolute atomic E-state index is 6.04. The van der Waals surface area contributed by atoms with Crippen molar-refractivity contribution in [1.82, 2.24) is 0 Å². The van der Waals surface area contributed by atoms with Crippen molar-refractivity contribution in [3.63, 3.8) is 0 Å². The predicted molar refractivity (Wildman–Crippen MR) is 74.3 cm³/mol. The second-order valence-electron chi connectivity index (χ2n) is 5.11. The molecule has 1 aliphatic carbocycles. The molecule has 2 N–H and O–H groups in total. The highest BCUT2D eigenvalue weighted by Gasteiger charge is 2.26. The molecule has 1 saturated carbocycles. The predicted octanol–water partition coefficient (Wildman–Crippen LogP) is 3.17. The van der Waals surface area contributed by atoms with Crippen LogP contribution in [0.2, 0.25) is 0 Å². The van der Waals surface area contributed by atoms with E-state index in [1.807, 2.05) is 0 Å². The summed E-state index contributed by atoms with van der Waals surface area (Å²) in [5.74, 6) is 0. The maximum Gasteiger partial charge on any atom is 0.0368 e. The van der Waals surface area contributed by atoms with Crippen molar-refractivity contribution in [2.45, 2.75) is 51.1 Å². The lowest BCUT2D eigenvalue weighted by molar-refractivity contribution is 0.577. The van der Waals surface area contributed by atoms with Gasteiger partial charge in [-0.1, -0.05) is 31.5 Å². The van der Waals surface area contributed by atoms with Gasteiger partial charge in [-0.2, -0.15) is 0 Å². The Hall–Kier alpha value is -1.02. The minimum absolute atomic E-state index is 0.410. The highest BCUT2D eigenvalue weighted by atomic mass is 15.2. The molecule has 2 unspecified atom stereocenters. The molecule has 2 rings (SSSR count). The smallest absolute Gasteiger partial charge is 0.0368 e. The van der Waals surface area contributed by atoms with E-state index >= 15 is 0 Å².